The quantitative estimate of drug-likeness (QED) is 0.444. The van der Waals surface area contributed by atoms with Gasteiger partial charge in [-0.15, -0.1) is 0 Å². The average molecular weight is 546 g/mol. The average Bonchev–Trinajstić information content (AvgIpc) is 3.48. The third-order valence-corrected chi connectivity index (χ3v) is 7.50. The maximum Gasteiger partial charge on any atom is 0.321 e. The molecule has 39 heavy (non-hydrogen) atoms. The summed E-state index contributed by atoms with van der Waals surface area (Å²) in [6.45, 7) is 5.67. The van der Waals surface area contributed by atoms with Crippen LogP contribution in [0.2, 0.25) is 5.02 Å². The predicted molar refractivity (Wildman–Crippen MR) is 155 cm³/mol. The van der Waals surface area contributed by atoms with Crippen molar-refractivity contribution in [1.29, 1.82) is 0 Å². The van der Waals surface area contributed by atoms with Crippen molar-refractivity contribution in [3.8, 4) is 0 Å². The first-order valence-corrected chi connectivity index (χ1v) is 13.6. The molecule has 2 aliphatic rings. The Morgan fingerprint density at radius 2 is 1.44 bits per heavy atom. The van der Waals surface area contributed by atoms with Crippen LogP contribution < -0.4 is 15.5 Å². The van der Waals surface area contributed by atoms with Gasteiger partial charge < -0.3 is 25.3 Å². The molecule has 0 bridgehead atoms. The third-order valence-electron chi connectivity index (χ3n) is 7.17. The van der Waals surface area contributed by atoms with Crippen molar-refractivity contribution in [3.63, 3.8) is 0 Å². The largest absolute Gasteiger partial charge is 0.367 e. The van der Waals surface area contributed by atoms with Gasteiger partial charge in [0.05, 0.1) is 16.1 Å². The Kier molecular flexibility index (Phi) is 8.02. The molecule has 2 N–H and O–H groups in total. The van der Waals surface area contributed by atoms with Crippen LogP contribution in [-0.2, 0) is 0 Å². The minimum Gasteiger partial charge on any atom is -0.367 e. The number of rotatable bonds is 5. The molecule has 5 rings (SSSR count). The molecule has 0 aliphatic carbocycles. The highest BCUT2D eigenvalue weighted by atomic mass is 35.5. The molecule has 2 saturated heterocycles. The Labute approximate surface area is 233 Å². The lowest BCUT2D eigenvalue weighted by Crippen LogP contribution is -2.50. The lowest BCUT2D eigenvalue weighted by atomic mass is 10.1. The highest BCUT2D eigenvalue weighted by Gasteiger charge is 2.28. The van der Waals surface area contributed by atoms with E-state index in [9.17, 15) is 14.4 Å². The molecule has 0 radical (unpaired) electrons. The monoisotopic (exact) mass is 545 g/mol. The van der Waals surface area contributed by atoms with Crippen LogP contribution in [0.3, 0.4) is 0 Å². The second kappa shape index (κ2) is 11.8. The van der Waals surface area contributed by atoms with Gasteiger partial charge in [-0.3, -0.25) is 9.59 Å². The molecule has 0 unspecified atom stereocenters. The van der Waals surface area contributed by atoms with Gasteiger partial charge in [0.15, 0.2) is 0 Å². The Morgan fingerprint density at radius 1 is 0.718 bits per heavy atom. The SMILES string of the molecule is Cc1cccc(NC(=O)N2CCN(c3ccc(NC(=O)c4ccccc4Cl)cc3C(=O)N3CCCC3)CC2)c1. The number of hydrogen-bond donors (Lipinski definition) is 2. The Bertz CT molecular complexity index is 1380. The fourth-order valence-electron chi connectivity index (χ4n) is 5.07. The number of amides is 4. The molecule has 0 spiro atoms. The number of anilines is 3. The highest BCUT2D eigenvalue weighted by Crippen LogP contribution is 2.29. The van der Waals surface area contributed by atoms with E-state index < -0.39 is 0 Å². The van der Waals surface area contributed by atoms with E-state index in [1.165, 1.54) is 0 Å². The van der Waals surface area contributed by atoms with Crippen molar-refractivity contribution in [1.82, 2.24) is 9.80 Å². The van der Waals surface area contributed by atoms with Crippen molar-refractivity contribution in [2.45, 2.75) is 19.8 Å². The van der Waals surface area contributed by atoms with Crippen molar-refractivity contribution in [3.05, 3.63) is 88.4 Å². The molecule has 0 atom stereocenters. The van der Waals surface area contributed by atoms with Crippen LogP contribution in [0.5, 0.6) is 0 Å². The van der Waals surface area contributed by atoms with E-state index in [4.69, 9.17) is 11.6 Å². The number of piperazine rings is 1. The van der Waals surface area contributed by atoms with Gasteiger partial charge in [-0.2, -0.15) is 0 Å². The summed E-state index contributed by atoms with van der Waals surface area (Å²) in [4.78, 5) is 45.1. The first kappa shape index (κ1) is 26.6. The summed E-state index contributed by atoms with van der Waals surface area (Å²) >= 11 is 6.21. The van der Waals surface area contributed by atoms with Gasteiger partial charge in [0, 0.05) is 56.3 Å². The van der Waals surface area contributed by atoms with Gasteiger partial charge >= 0.3 is 6.03 Å². The highest BCUT2D eigenvalue weighted by molar-refractivity contribution is 6.34. The third kappa shape index (κ3) is 6.17. The normalized spacial score (nSPS) is 15.3. The molecule has 202 valence electrons. The Morgan fingerprint density at radius 3 is 2.15 bits per heavy atom. The van der Waals surface area contributed by atoms with E-state index in [0.717, 1.165) is 42.9 Å². The van der Waals surface area contributed by atoms with Crippen LogP contribution in [0.1, 0.15) is 39.1 Å². The van der Waals surface area contributed by atoms with Crippen LogP contribution in [0.15, 0.2) is 66.7 Å². The second-order valence-electron chi connectivity index (χ2n) is 9.94. The zero-order valence-electron chi connectivity index (χ0n) is 22.0. The summed E-state index contributed by atoms with van der Waals surface area (Å²) in [7, 11) is 0. The van der Waals surface area contributed by atoms with Crippen molar-refractivity contribution in [2.75, 3.05) is 54.8 Å². The lowest BCUT2D eigenvalue weighted by molar-refractivity contribution is 0.0792. The number of halogens is 1. The summed E-state index contributed by atoms with van der Waals surface area (Å²) in [5.41, 5.74) is 4.11. The van der Waals surface area contributed by atoms with Crippen LogP contribution in [0, 0.1) is 6.92 Å². The van der Waals surface area contributed by atoms with Crippen LogP contribution in [-0.4, -0.2) is 66.9 Å². The van der Waals surface area contributed by atoms with Crippen molar-refractivity contribution < 1.29 is 14.4 Å². The van der Waals surface area contributed by atoms with Gasteiger partial charge in [0.1, 0.15) is 0 Å². The van der Waals surface area contributed by atoms with E-state index in [0.29, 0.717) is 48.0 Å². The molecule has 8 nitrogen and oxygen atoms in total. The molecule has 3 aromatic rings. The zero-order chi connectivity index (χ0) is 27.4. The smallest absolute Gasteiger partial charge is 0.321 e. The van der Waals surface area contributed by atoms with Gasteiger partial charge in [0.25, 0.3) is 11.8 Å². The number of likely N-dealkylation sites (tertiary alicyclic amines) is 1. The molecule has 4 amide bonds. The van der Waals surface area contributed by atoms with E-state index in [1.807, 2.05) is 48.2 Å². The van der Waals surface area contributed by atoms with E-state index in [2.05, 4.69) is 15.5 Å². The van der Waals surface area contributed by atoms with Crippen LogP contribution in [0.25, 0.3) is 0 Å². The van der Waals surface area contributed by atoms with Gasteiger partial charge in [-0.05, 0) is 67.8 Å². The molecule has 2 heterocycles. The molecule has 3 aromatic carbocycles. The number of benzene rings is 3. The Hall–Kier alpha value is -4.04. The maximum absolute atomic E-state index is 13.6. The topological polar surface area (TPSA) is 85.0 Å². The minimum atomic E-state index is -0.332. The molecule has 0 aromatic heterocycles. The van der Waals surface area contributed by atoms with Crippen molar-refractivity contribution in [2.24, 2.45) is 0 Å². The van der Waals surface area contributed by atoms with Crippen LogP contribution in [0.4, 0.5) is 21.9 Å². The number of aryl methyl sites for hydroxylation is 1. The first-order chi connectivity index (χ1) is 18.9. The summed E-state index contributed by atoms with van der Waals surface area (Å²) in [5, 5.41) is 6.23. The zero-order valence-corrected chi connectivity index (χ0v) is 22.7. The molecule has 2 fully saturated rings. The molecule has 9 heteroatoms. The lowest BCUT2D eigenvalue weighted by Gasteiger charge is -2.37. The summed E-state index contributed by atoms with van der Waals surface area (Å²) in [5.74, 6) is -0.378. The number of nitrogens with one attached hydrogen (secondary N) is 2. The fraction of sp³-hybridized carbons (Fsp3) is 0.300. The summed E-state index contributed by atoms with van der Waals surface area (Å²) < 4.78 is 0. The first-order valence-electron chi connectivity index (χ1n) is 13.3. The number of nitrogens with zero attached hydrogens (tertiary/aromatic N) is 3. The van der Waals surface area contributed by atoms with Crippen LogP contribution >= 0.6 is 11.6 Å². The second-order valence-corrected chi connectivity index (χ2v) is 10.3. The standard InChI is InChI=1S/C30H32ClN5O3/c1-21-7-6-8-22(19-21)33-30(39)36-17-15-34(16-18-36)27-12-11-23(20-25(27)29(38)35-13-4-5-14-35)32-28(37)24-9-2-3-10-26(24)31/h2-3,6-12,19-20H,4-5,13-18H2,1H3,(H,32,37)(H,33,39). The van der Waals surface area contributed by atoms with E-state index in [-0.39, 0.29) is 17.8 Å². The molecular formula is C30H32ClN5O3. The number of hydrogen-bond acceptors (Lipinski definition) is 4. The molecule has 2 aliphatic heterocycles. The number of carbonyl (C=O) groups is 3. The van der Waals surface area contributed by atoms with E-state index >= 15 is 0 Å². The Balaban J connectivity index is 1.32. The predicted octanol–water partition coefficient (Wildman–Crippen LogP) is 5.49. The van der Waals surface area contributed by atoms with Gasteiger partial charge in [0.2, 0.25) is 0 Å². The molecular weight excluding hydrogens is 514 g/mol. The van der Waals surface area contributed by atoms with Gasteiger partial charge in [-0.1, -0.05) is 35.9 Å². The van der Waals surface area contributed by atoms with E-state index in [1.54, 1.807) is 35.2 Å². The fourth-order valence-corrected chi connectivity index (χ4v) is 5.29. The number of urea groups is 1. The van der Waals surface area contributed by atoms with Crippen molar-refractivity contribution >= 4 is 46.5 Å². The van der Waals surface area contributed by atoms with Gasteiger partial charge in [-0.25, -0.2) is 4.79 Å². The number of carbonyl (C=O) groups excluding carboxylic acids is 3. The minimum absolute atomic E-state index is 0.0454. The summed E-state index contributed by atoms with van der Waals surface area (Å²) in [6.07, 6.45) is 1.97. The summed E-state index contributed by atoms with van der Waals surface area (Å²) in [6, 6.07) is 19.9. The maximum atomic E-state index is 13.6. The molecule has 0 saturated carbocycles.